The van der Waals surface area contributed by atoms with E-state index in [0.717, 1.165) is 24.0 Å². The summed E-state index contributed by atoms with van der Waals surface area (Å²) in [7, 11) is 0. The van der Waals surface area contributed by atoms with Crippen LogP contribution in [0.2, 0.25) is 0 Å². The van der Waals surface area contributed by atoms with Gasteiger partial charge in [-0.2, -0.15) is 0 Å². The minimum Gasteiger partial charge on any atom is -0.349 e. The number of rotatable bonds is 2. The predicted molar refractivity (Wildman–Crippen MR) is 81.5 cm³/mol. The van der Waals surface area contributed by atoms with Crippen LogP contribution in [0.1, 0.15) is 53.6 Å². The Kier molecular flexibility index (Phi) is 5.20. The van der Waals surface area contributed by atoms with Gasteiger partial charge in [-0.3, -0.25) is 4.79 Å². The van der Waals surface area contributed by atoms with E-state index in [0.29, 0.717) is 18.2 Å². The summed E-state index contributed by atoms with van der Waals surface area (Å²) in [6.07, 6.45) is 5.87. The Morgan fingerprint density at radius 1 is 1.35 bits per heavy atom. The van der Waals surface area contributed by atoms with Gasteiger partial charge in [0.2, 0.25) is 0 Å². The molecule has 1 fully saturated rings. The zero-order valence-corrected chi connectivity index (χ0v) is 12.0. The molecule has 0 aromatic heterocycles. The predicted octanol–water partition coefficient (Wildman–Crippen LogP) is 2.37. The first kappa shape index (κ1) is 14.6. The van der Waals surface area contributed by atoms with Gasteiger partial charge < -0.3 is 11.1 Å². The first-order valence-corrected chi connectivity index (χ1v) is 7.31. The van der Waals surface area contributed by atoms with E-state index in [1.807, 2.05) is 25.1 Å². The van der Waals surface area contributed by atoms with Crippen molar-refractivity contribution in [2.45, 2.75) is 45.1 Å². The standard InChI is InChI=1S/C17H22N2O/c1-13-9-10-14(6-5-11-18)16(12-13)17(20)19-15-7-3-2-4-8-15/h9-10,12,15H,2-4,7-8,11,18H2,1H3,(H,19,20). The molecule has 3 nitrogen and oxygen atoms in total. The molecule has 0 radical (unpaired) electrons. The summed E-state index contributed by atoms with van der Waals surface area (Å²) in [5.41, 5.74) is 7.90. The molecule has 1 aromatic rings. The van der Waals surface area contributed by atoms with E-state index in [1.54, 1.807) is 0 Å². The minimum atomic E-state index is -0.0121. The average Bonchev–Trinajstić information content (AvgIpc) is 2.47. The lowest BCUT2D eigenvalue weighted by Crippen LogP contribution is -2.36. The molecule has 0 aliphatic heterocycles. The SMILES string of the molecule is Cc1ccc(C#CCN)c(C(=O)NC2CCCCC2)c1. The molecule has 1 aliphatic rings. The van der Waals surface area contributed by atoms with Crippen molar-refractivity contribution in [3.8, 4) is 11.8 Å². The second-order valence-corrected chi connectivity index (χ2v) is 5.36. The van der Waals surface area contributed by atoms with Crippen molar-refractivity contribution in [3.05, 3.63) is 34.9 Å². The third-order valence-electron chi connectivity index (χ3n) is 3.69. The molecule has 0 unspecified atom stereocenters. The largest absolute Gasteiger partial charge is 0.349 e. The van der Waals surface area contributed by atoms with Gasteiger partial charge >= 0.3 is 0 Å². The quantitative estimate of drug-likeness (QED) is 0.811. The smallest absolute Gasteiger partial charge is 0.252 e. The summed E-state index contributed by atoms with van der Waals surface area (Å²) < 4.78 is 0. The molecule has 2 rings (SSSR count). The van der Waals surface area contributed by atoms with Crippen LogP contribution >= 0.6 is 0 Å². The normalized spacial score (nSPS) is 15.3. The number of carbonyl (C=O) groups is 1. The first-order chi connectivity index (χ1) is 9.70. The van der Waals surface area contributed by atoms with Crippen LogP contribution in [0.4, 0.5) is 0 Å². The molecule has 0 saturated heterocycles. The fraction of sp³-hybridized carbons (Fsp3) is 0.471. The van der Waals surface area contributed by atoms with Gasteiger partial charge in [0.1, 0.15) is 0 Å². The number of aryl methyl sites for hydroxylation is 1. The highest BCUT2D eigenvalue weighted by atomic mass is 16.1. The van der Waals surface area contributed by atoms with Gasteiger partial charge in [-0.1, -0.05) is 42.7 Å². The Morgan fingerprint density at radius 3 is 2.80 bits per heavy atom. The Bertz CT molecular complexity index is 534. The molecule has 0 bridgehead atoms. The molecule has 1 saturated carbocycles. The highest BCUT2D eigenvalue weighted by molar-refractivity contribution is 5.97. The summed E-state index contributed by atoms with van der Waals surface area (Å²) in [5.74, 6) is 5.79. The number of benzene rings is 1. The topological polar surface area (TPSA) is 55.1 Å². The lowest BCUT2D eigenvalue weighted by atomic mass is 9.95. The van der Waals surface area contributed by atoms with Crippen LogP contribution in [0, 0.1) is 18.8 Å². The monoisotopic (exact) mass is 270 g/mol. The molecular formula is C17H22N2O. The van der Waals surface area contributed by atoms with Gasteiger partial charge in [-0.25, -0.2) is 0 Å². The third-order valence-corrected chi connectivity index (χ3v) is 3.69. The average molecular weight is 270 g/mol. The fourth-order valence-corrected chi connectivity index (χ4v) is 2.61. The molecule has 3 N–H and O–H groups in total. The highest BCUT2D eigenvalue weighted by Gasteiger charge is 2.18. The maximum Gasteiger partial charge on any atom is 0.252 e. The Hall–Kier alpha value is -1.79. The van der Waals surface area contributed by atoms with Crippen LogP contribution in [-0.2, 0) is 0 Å². The second kappa shape index (κ2) is 7.12. The van der Waals surface area contributed by atoms with Crippen LogP contribution in [0.5, 0.6) is 0 Å². The van der Waals surface area contributed by atoms with Crippen molar-refractivity contribution in [2.24, 2.45) is 5.73 Å². The van der Waals surface area contributed by atoms with Gasteiger partial charge in [0.05, 0.1) is 12.1 Å². The molecule has 0 atom stereocenters. The van der Waals surface area contributed by atoms with E-state index < -0.39 is 0 Å². The molecule has 1 amide bonds. The maximum absolute atomic E-state index is 12.4. The number of amides is 1. The summed E-state index contributed by atoms with van der Waals surface area (Å²) in [6, 6.07) is 6.08. The van der Waals surface area contributed by atoms with E-state index in [9.17, 15) is 4.79 Å². The molecule has 3 heteroatoms. The van der Waals surface area contributed by atoms with E-state index in [2.05, 4.69) is 17.2 Å². The summed E-state index contributed by atoms with van der Waals surface area (Å²) >= 11 is 0. The molecule has 20 heavy (non-hydrogen) atoms. The summed E-state index contributed by atoms with van der Waals surface area (Å²) in [4.78, 5) is 12.4. The molecule has 106 valence electrons. The van der Waals surface area contributed by atoms with Crippen molar-refractivity contribution >= 4 is 5.91 Å². The Labute approximate surface area is 120 Å². The van der Waals surface area contributed by atoms with Gasteiger partial charge in [0, 0.05) is 11.6 Å². The van der Waals surface area contributed by atoms with Crippen LogP contribution < -0.4 is 11.1 Å². The van der Waals surface area contributed by atoms with E-state index in [1.165, 1.54) is 19.3 Å². The lowest BCUT2D eigenvalue weighted by molar-refractivity contribution is 0.0927. The van der Waals surface area contributed by atoms with Crippen LogP contribution in [0.15, 0.2) is 18.2 Å². The fourth-order valence-electron chi connectivity index (χ4n) is 2.61. The van der Waals surface area contributed by atoms with Crippen LogP contribution in [0.3, 0.4) is 0 Å². The van der Waals surface area contributed by atoms with Crippen molar-refractivity contribution < 1.29 is 4.79 Å². The van der Waals surface area contributed by atoms with Crippen LogP contribution in [-0.4, -0.2) is 18.5 Å². The molecule has 0 spiro atoms. The lowest BCUT2D eigenvalue weighted by Gasteiger charge is -2.23. The van der Waals surface area contributed by atoms with E-state index >= 15 is 0 Å². The zero-order valence-electron chi connectivity index (χ0n) is 12.0. The highest BCUT2D eigenvalue weighted by Crippen LogP contribution is 2.18. The maximum atomic E-state index is 12.4. The van der Waals surface area contributed by atoms with Gasteiger partial charge in [0.15, 0.2) is 0 Å². The van der Waals surface area contributed by atoms with Gasteiger partial charge in [-0.05, 0) is 31.9 Å². The third kappa shape index (κ3) is 3.85. The van der Waals surface area contributed by atoms with Crippen molar-refractivity contribution in [3.63, 3.8) is 0 Å². The summed E-state index contributed by atoms with van der Waals surface area (Å²) in [6.45, 7) is 2.29. The van der Waals surface area contributed by atoms with Gasteiger partial charge in [0.25, 0.3) is 5.91 Å². The van der Waals surface area contributed by atoms with E-state index in [-0.39, 0.29) is 5.91 Å². The number of hydrogen-bond acceptors (Lipinski definition) is 2. The number of hydrogen-bond donors (Lipinski definition) is 2. The van der Waals surface area contributed by atoms with Crippen LogP contribution in [0.25, 0.3) is 0 Å². The molecular weight excluding hydrogens is 248 g/mol. The molecule has 1 aliphatic carbocycles. The second-order valence-electron chi connectivity index (χ2n) is 5.36. The number of nitrogens with one attached hydrogen (secondary N) is 1. The molecule has 0 heterocycles. The number of carbonyl (C=O) groups excluding carboxylic acids is 1. The first-order valence-electron chi connectivity index (χ1n) is 7.31. The van der Waals surface area contributed by atoms with Gasteiger partial charge in [-0.15, -0.1) is 0 Å². The number of nitrogens with two attached hydrogens (primary N) is 1. The Balaban J connectivity index is 2.16. The molecule has 1 aromatic carbocycles. The zero-order chi connectivity index (χ0) is 14.4. The van der Waals surface area contributed by atoms with Crippen molar-refractivity contribution in [2.75, 3.05) is 6.54 Å². The van der Waals surface area contributed by atoms with Crippen molar-refractivity contribution in [1.82, 2.24) is 5.32 Å². The minimum absolute atomic E-state index is 0.0121. The summed E-state index contributed by atoms with van der Waals surface area (Å²) in [5, 5.41) is 3.14. The van der Waals surface area contributed by atoms with E-state index in [4.69, 9.17) is 5.73 Å². The van der Waals surface area contributed by atoms with Crippen molar-refractivity contribution in [1.29, 1.82) is 0 Å². The Morgan fingerprint density at radius 2 is 2.10 bits per heavy atom.